The van der Waals surface area contributed by atoms with Crippen LogP contribution in [0.25, 0.3) is 5.57 Å². The molecule has 1 aliphatic heterocycles. The Morgan fingerprint density at radius 3 is 2.35 bits per heavy atom. The first kappa shape index (κ1) is 16.5. The number of fused-ring (bicyclic) bond motifs is 1. The summed E-state index contributed by atoms with van der Waals surface area (Å²) in [5, 5.41) is 0. The van der Waals surface area contributed by atoms with Crippen molar-refractivity contribution in [3.63, 3.8) is 0 Å². The molecule has 0 aromatic heterocycles. The summed E-state index contributed by atoms with van der Waals surface area (Å²) >= 11 is 0. The largest absolute Gasteiger partial charge is 0.464 e. The van der Waals surface area contributed by atoms with E-state index in [2.05, 4.69) is 6.08 Å². The third-order valence-corrected chi connectivity index (χ3v) is 5.14. The van der Waals surface area contributed by atoms with Crippen LogP contribution < -0.4 is 0 Å². The van der Waals surface area contributed by atoms with E-state index in [1.807, 2.05) is 71.5 Å². The molecular weight excluding hydrogens is 326 g/mol. The Kier molecular flexibility index (Phi) is 4.25. The maximum atomic E-state index is 12.9. The van der Waals surface area contributed by atoms with Gasteiger partial charge < -0.3 is 4.74 Å². The van der Waals surface area contributed by atoms with Gasteiger partial charge in [-0.25, -0.2) is 9.37 Å². The molecule has 0 unspecified atom stereocenters. The summed E-state index contributed by atoms with van der Waals surface area (Å²) in [5.74, 6) is -0.304. The van der Waals surface area contributed by atoms with Crippen molar-refractivity contribution in [3.05, 3.63) is 77.9 Å². The van der Waals surface area contributed by atoms with Gasteiger partial charge in [-0.05, 0) is 5.56 Å². The van der Waals surface area contributed by atoms with Gasteiger partial charge in [-0.2, -0.15) is 0 Å². The first-order valence-electron chi connectivity index (χ1n) is 8.74. The Labute approximate surface area is 152 Å². The van der Waals surface area contributed by atoms with E-state index in [1.165, 1.54) is 7.11 Å². The SMILES string of the molecule is COC(=O)[C@H](c1ccccc1)[N+]1=C[C@@H]2C(=O)C(c3ccccc3)=C[C@@H]2C1. The summed E-state index contributed by atoms with van der Waals surface area (Å²) in [7, 11) is 1.40. The first-order chi connectivity index (χ1) is 12.7. The maximum absolute atomic E-state index is 12.9. The number of ketones is 1. The second-order valence-electron chi connectivity index (χ2n) is 6.68. The quantitative estimate of drug-likeness (QED) is 0.632. The van der Waals surface area contributed by atoms with Crippen molar-refractivity contribution < 1.29 is 18.9 Å². The molecule has 130 valence electrons. The summed E-state index contributed by atoms with van der Waals surface area (Å²) in [4.78, 5) is 25.3. The highest BCUT2D eigenvalue weighted by atomic mass is 16.5. The fourth-order valence-electron chi connectivity index (χ4n) is 3.89. The lowest BCUT2D eigenvalue weighted by Gasteiger charge is -2.12. The number of hydrogen-bond acceptors (Lipinski definition) is 3. The second kappa shape index (κ2) is 6.71. The lowest BCUT2D eigenvalue weighted by atomic mass is 9.97. The number of rotatable bonds is 4. The van der Waals surface area contributed by atoms with E-state index in [0.717, 1.165) is 16.7 Å². The molecule has 0 saturated heterocycles. The van der Waals surface area contributed by atoms with Crippen molar-refractivity contribution in [2.45, 2.75) is 6.04 Å². The van der Waals surface area contributed by atoms with E-state index in [-0.39, 0.29) is 23.6 Å². The predicted molar refractivity (Wildman–Crippen MR) is 98.8 cm³/mol. The van der Waals surface area contributed by atoms with Crippen molar-refractivity contribution in [2.24, 2.45) is 11.8 Å². The molecule has 4 nitrogen and oxygen atoms in total. The molecular formula is C22H20NO3+. The van der Waals surface area contributed by atoms with Crippen LogP contribution in [0.1, 0.15) is 17.2 Å². The van der Waals surface area contributed by atoms with Gasteiger partial charge >= 0.3 is 5.97 Å². The Morgan fingerprint density at radius 2 is 1.73 bits per heavy atom. The summed E-state index contributed by atoms with van der Waals surface area (Å²) < 4.78 is 6.97. The zero-order valence-corrected chi connectivity index (χ0v) is 14.5. The Morgan fingerprint density at radius 1 is 1.08 bits per heavy atom. The number of esters is 1. The van der Waals surface area contributed by atoms with Gasteiger partial charge in [0.05, 0.1) is 13.0 Å². The zero-order chi connectivity index (χ0) is 18.1. The summed E-state index contributed by atoms with van der Waals surface area (Å²) in [6, 6.07) is 18.8. The third kappa shape index (κ3) is 2.77. The van der Waals surface area contributed by atoms with Crippen LogP contribution in [0.2, 0.25) is 0 Å². The Bertz CT molecular complexity index is 899. The molecule has 0 amide bonds. The van der Waals surface area contributed by atoms with Crippen LogP contribution in [0.5, 0.6) is 0 Å². The molecule has 0 spiro atoms. The van der Waals surface area contributed by atoms with Gasteiger partial charge in [-0.15, -0.1) is 0 Å². The fourth-order valence-corrected chi connectivity index (χ4v) is 3.89. The molecule has 0 bridgehead atoms. The molecule has 26 heavy (non-hydrogen) atoms. The summed E-state index contributed by atoms with van der Waals surface area (Å²) in [5.41, 5.74) is 2.61. The van der Waals surface area contributed by atoms with E-state index in [1.54, 1.807) is 0 Å². The van der Waals surface area contributed by atoms with Crippen LogP contribution in [-0.2, 0) is 14.3 Å². The molecule has 0 saturated carbocycles. The highest BCUT2D eigenvalue weighted by Gasteiger charge is 2.47. The number of ether oxygens (including phenoxy) is 1. The lowest BCUT2D eigenvalue weighted by Crippen LogP contribution is -2.27. The normalized spacial score (nSPS) is 22.4. The van der Waals surface area contributed by atoms with Crippen LogP contribution in [0, 0.1) is 11.8 Å². The first-order valence-corrected chi connectivity index (χ1v) is 8.74. The molecule has 2 aromatic rings. The standard InChI is InChI=1S/C22H20NO3/c1-26-22(25)20(16-10-6-3-7-11-16)23-13-17-12-18(21(24)19(17)14-23)15-8-4-2-5-9-15/h2-12,14,17,19-20H,13H2,1H3/q+1/t17-,19+,20+/m1/s1. The van der Waals surface area contributed by atoms with Gasteiger partial charge in [0.1, 0.15) is 5.92 Å². The summed E-state index contributed by atoms with van der Waals surface area (Å²) in [6.45, 7) is 0.626. The zero-order valence-electron chi connectivity index (χ0n) is 14.5. The molecule has 3 atom stereocenters. The number of Topliss-reactive ketones (excluding diaryl/α,β-unsaturated/α-hetero) is 1. The van der Waals surface area contributed by atoms with Crippen LogP contribution in [-0.4, -0.2) is 36.2 Å². The van der Waals surface area contributed by atoms with Crippen LogP contribution >= 0.6 is 0 Å². The molecule has 1 heterocycles. The number of benzene rings is 2. The van der Waals surface area contributed by atoms with E-state index in [4.69, 9.17) is 4.74 Å². The molecule has 0 radical (unpaired) electrons. The fraction of sp³-hybridized carbons (Fsp3) is 0.227. The van der Waals surface area contributed by atoms with Gasteiger partial charge in [-0.3, -0.25) is 4.79 Å². The molecule has 2 aliphatic rings. The van der Waals surface area contributed by atoms with Crippen molar-refractivity contribution in [3.8, 4) is 0 Å². The number of carbonyl (C=O) groups is 2. The predicted octanol–water partition coefficient (Wildman–Crippen LogP) is 2.90. The minimum Gasteiger partial charge on any atom is -0.464 e. The Balaban J connectivity index is 1.63. The number of carbonyl (C=O) groups excluding carboxylic acids is 2. The van der Waals surface area contributed by atoms with Gasteiger partial charge in [-0.1, -0.05) is 66.7 Å². The van der Waals surface area contributed by atoms with Gasteiger partial charge in [0.15, 0.2) is 18.5 Å². The number of nitrogens with zero attached hydrogens (tertiary/aromatic N) is 1. The van der Waals surface area contributed by atoms with E-state index in [9.17, 15) is 9.59 Å². The molecule has 0 fully saturated rings. The Hall–Kier alpha value is -3.01. The van der Waals surface area contributed by atoms with E-state index in [0.29, 0.717) is 6.54 Å². The van der Waals surface area contributed by atoms with Gasteiger partial charge in [0.25, 0.3) is 6.04 Å². The molecule has 2 aromatic carbocycles. The highest BCUT2D eigenvalue weighted by molar-refractivity contribution is 6.28. The van der Waals surface area contributed by atoms with Crippen molar-refractivity contribution >= 4 is 23.5 Å². The van der Waals surface area contributed by atoms with Crippen LogP contribution in [0.4, 0.5) is 0 Å². The smallest absolute Gasteiger partial charge is 0.380 e. The molecule has 1 aliphatic carbocycles. The molecule has 4 rings (SSSR count). The average Bonchev–Trinajstić information content (AvgIpc) is 3.23. The maximum Gasteiger partial charge on any atom is 0.380 e. The number of allylic oxidation sites excluding steroid dienone is 1. The number of hydrogen-bond donors (Lipinski definition) is 0. The van der Waals surface area contributed by atoms with E-state index >= 15 is 0 Å². The monoisotopic (exact) mass is 346 g/mol. The lowest BCUT2D eigenvalue weighted by molar-refractivity contribution is -0.552. The van der Waals surface area contributed by atoms with Gasteiger partial charge in [0.2, 0.25) is 0 Å². The van der Waals surface area contributed by atoms with Crippen molar-refractivity contribution in [2.75, 3.05) is 13.7 Å². The highest BCUT2D eigenvalue weighted by Crippen LogP contribution is 2.37. The van der Waals surface area contributed by atoms with Crippen LogP contribution in [0.15, 0.2) is 66.7 Å². The second-order valence-corrected chi connectivity index (χ2v) is 6.68. The van der Waals surface area contributed by atoms with Crippen molar-refractivity contribution in [1.82, 2.24) is 0 Å². The third-order valence-electron chi connectivity index (χ3n) is 5.14. The summed E-state index contributed by atoms with van der Waals surface area (Å²) in [6.07, 6.45) is 3.96. The van der Waals surface area contributed by atoms with Gasteiger partial charge in [0, 0.05) is 11.1 Å². The van der Waals surface area contributed by atoms with Crippen LogP contribution in [0.3, 0.4) is 0 Å². The van der Waals surface area contributed by atoms with E-state index < -0.39 is 6.04 Å². The topological polar surface area (TPSA) is 46.4 Å². The minimum atomic E-state index is -0.520. The molecule has 4 heteroatoms. The molecule has 0 N–H and O–H groups in total. The average molecular weight is 346 g/mol. The minimum absolute atomic E-state index is 0.0913. The number of methoxy groups -OCH3 is 1. The van der Waals surface area contributed by atoms with Crippen molar-refractivity contribution in [1.29, 1.82) is 0 Å².